The van der Waals surface area contributed by atoms with Gasteiger partial charge in [-0.2, -0.15) is 0 Å². The van der Waals surface area contributed by atoms with Crippen molar-refractivity contribution in [2.75, 3.05) is 5.75 Å². The first-order valence-electron chi connectivity index (χ1n) is 5.77. The van der Waals surface area contributed by atoms with Gasteiger partial charge in [0, 0.05) is 23.4 Å². The Bertz CT molecular complexity index is 472. The summed E-state index contributed by atoms with van der Waals surface area (Å²) in [5, 5.41) is 12.1. The average Bonchev–Trinajstić information content (AvgIpc) is 2.34. The molecule has 0 radical (unpaired) electrons. The summed E-state index contributed by atoms with van der Waals surface area (Å²) in [5.41, 5.74) is 6.13. The van der Waals surface area contributed by atoms with E-state index in [0.717, 1.165) is 18.5 Å². The van der Waals surface area contributed by atoms with Gasteiger partial charge in [-0.25, -0.2) is 4.98 Å². The Balaban J connectivity index is 2.70. The van der Waals surface area contributed by atoms with Gasteiger partial charge < -0.3 is 15.9 Å². The van der Waals surface area contributed by atoms with Crippen LogP contribution >= 0.6 is 11.8 Å². The molecule has 0 aliphatic carbocycles. The van der Waals surface area contributed by atoms with Gasteiger partial charge in [-0.3, -0.25) is 4.79 Å². The fraction of sp³-hybridized carbons (Fsp3) is 0.545. The summed E-state index contributed by atoms with van der Waals surface area (Å²) < 4.78 is 0. The van der Waals surface area contributed by atoms with Crippen LogP contribution in [0.5, 0.6) is 0 Å². The predicted octanol–water partition coefficient (Wildman–Crippen LogP) is 1.20. The van der Waals surface area contributed by atoms with Crippen LogP contribution in [0, 0.1) is 5.92 Å². The first-order valence-corrected chi connectivity index (χ1v) is 6.75. The zero-order chi connectivity index (χ0) is 13.5. The number of hydrogen-bond donors (Lipinski definition) is 3. The molecule has 0 aromatic carbocycles. The molecule has 0 amide bonds. The maximum Gasteiger partial charge on any atom is 0.251 e. The fourth-order valence-corrected chi connectivity index (χ4v) is 2.26. The number of oxime groups is 1. The van der Waals surface area contributed by atoms with Gasteiger partial charge in [0.1, 0.15) is 5.84 Å². The monoisotopic (exact) mass is 270 g/mol. The summed E-state index contributed by atoms with van der Waals surface area (Å²) in [6.45, 7) is 3.88. The molecule has 0 saturated heterocycles. The zero-order valence-electron chi connectivity index (χ0n) is 10.5. The molecule has 0 aliphatic heterocycles. The van der Waals surface area contributed by atoms with Crippen molar-refractivity contribution in [3.05, 3.63) is 22.1 Å². The minimum atomic E-state index is -0.146. The van der Waals surface area contributed by atoms with Crippen LogP contribution in [-0.2, 0) is 6.42 Å². The second-order valence-electron chi connectivity index (χ2n) is 4.03. The first kappa shape index (κ1) is 14.6. The molecule has 0 aliphatic rings. The van der Waals surface area contributed by atoms with E-state index in [1.807, 2.05) is 13.8 Å². The lowest BCUT2D eigenvalue weighted by Gasteiger charge is -2.08. The molecule has 0 fully saturated rings. The number of rotatable bonds is 6. The molecule has 1 atom stereocenters. The van der Waals surface area contributed by atoms with Crippen molar-refractivity contribution in [2.24, 2.45) is 16.8 Å². The van der Waals surface area contributed by atoms with Gasteiger partial charge in [0.15, 0.2) is 5.16 Å². The molecule has 6 nitrogen and oxygen atoms in total. The average molecular weight is 270 g/mol. The highest BCUT2D eigenvalue weighted by Crippen LogP contribution is 2.16. The highest BCUT2D eigenvalue weighted by Gasteiger charge is 2.09. The summed E-state index contributed by atoms with van der Waals surface area (Å²) in [4.78, 5) is 18.4. The Morgan fingerprint density at radius 3 is 3.06 bits per heavy atom. The van der Waals surface area contributed by atoms with Crippen LogP contribution in [0.25, 0.3) is 0 Å². The Morgan fingerprint density at radius 2 is 2.44 bits per heavy atom. The van der Waals surface area contributed by atoms with Crippen LogP contribution in [-0.4, -0.2) is 26.8 Å². The zero-order valence-corrected chi connectivity index (χ0v) is 11.3. The number of aromatic nitrogens is 2. The van der Waals surface area contributed by atoms with Crippen molar-refractivity contribution in [1.82, 2.24) is 9.97 Å². The van der Waals surface area contributed by atoms with Crippen LogP contribution in [0.2, 0.25) is 0 Å². The summed E-state index contributed by atoms with van der Waals surface area (Å²) in [7, 11) is 0. The summed E-state index contributed by atoms with van der Waals surface area (Å²) >= 11 is 1.39. The molecule has 7 heteroatoms. The van der Waals surface area contributed by atoms with Gasteiger partial charge in [-0.05, 0) is 6.42 Å². The third kappa shape index (κ3) is 4.40. The lowest BCUT2D eigenvalue weighted by atomic mass is 10.2. The summed E-state index contributed by atoms with van der Waals surface area (Å²) in [6.07, 6.45) is 1.73. The first-order chi connectivity index (χ1) is 8.56. The van der Waals surface area contributed by atoms with E-state index in [4.69, 9.17) is 10.9 Å². The fourth-order valence-electron chi connectivity index (χ4n) is 1.32. The largest absolute Gasteiger partial charge is 0.409 e. The lowest BCUT2D eigenvalue weighted by Crippen LogP contribution is -2.23. The maximum absolute atomic E-state index is 11.4. The highest BCUT2D eigenvalue weighted by molar-refractivity contribution is 7.99. The van der Waals surface area contributed by atoms with Gasteiger partial charge in [-0.1, -0.05) is 37.2 Å². The van der Waals surface area contributed by atoms with Gasteiger partial charge in [0.2, 0.25) is 0 Å². The molecule has 0 bridgehead atoms. The van der Waals surface area contributed by atoms with Gasteiger partial charge in [0.05, 0.1) is 0 Å². The topological polar surface area (TPSA) is 104 Å². The molecule has 1 aromatic rings. The number of hydrogen-bond acceptors (Lipinski definition) is 5. The summed E-state index contributed by atoms with van der Waals surface area (Å²) in [5.74, 6) is 0.684. The number of amidine groups is 1. The normalized spacial score (nSPS) is 13.6. The van der Waals surface area contributed by atoms with Crippen molar-refractivity contribution < 1.29 is 5.21 Å². The van der Waals surface area contributed by atoms with Gasteiger partial charge in [0.25, 0.3) is 5.56 Å². The van der Waals surface area contributed by atoms with E-state index in [9.17, 15) is 4.79 Å². The minimum Gasteiger partial charge on any atom is -0.409 e. The van der Waals surface area contributed by atoms with E-state index < -0.39 is 0 Å². The summed E-state index contributed by atoms with van der Waals surface area (Å²) in [6, 6.07) is 1.51. The van der Waals surface area contributed by atoms with Crippen molar-refractivity contribution >= 4 is 17.6 Å². The van der Waals surface area contributed by atoms with Crippen molar-refractivity contribution in [3.63, 3.8) is 0 Å². The number of nitrogens with one attached hydrogen (secondary N) is 1. The Kier molecular flexibility index (Phi) is 5.70. The minimum absolute atomic E-state index is 0.0832. The Morgan fingerprint density at radius 1 is 1.72 bits per heavy atom. The molecule has 4 N–H and O–H groups in total. The van der Waals surface area contributed by atoms with E-state index in [1.54, 1.807) is 0 Å². The molecule has 1 rings (SSSR count). The second-order valence-corrected chi connectivity index (χ2v) is 5.04. The highest BCUT2D eigenvalue weighted by atomic mass is 32.2. The van der Waals surface area contributed by atoms with E-state index >= 15 is 0 Å². The molecule has 1 aromatic heterocycles. The molecule has 1 heterocycles. The number of nitrogens with zero attached hydrogens (tertiary/aromatic N) is 2. The number of H-pyrrole nitrogens is 1. The predicted molar refractivity (Wildman–Crippen MR) is 72.1 cm³/mol. The van der Waals surface area contributed by atoms with Crippen LogP contribution in [0.1, 0.15) is 26.0 Å². The Hall–Kier alpha value is -1.50. The third-order valence-electron chi connectivity index (χ3n) is 2.37. The third-order valence-corrected chi connectivity index (χ3v) is 3.50. The molecule has 1 unspecified atom stereocenters. The molecule has 0 saturated carbocycles. The molecule has 100 valence electrons. The second kappa shape index (κ2) is 7.05. The van der Waals surface area contributed by atoms with Crippen molar-refractivity contribution in [3.8, 4) is 0 Å². The van der Waals surface area contributed by atoms with Crippen LogP contribution in [0.15, 0.2) is 21.2 Å². The van der Waals surface area contributed by atoms with Gasteiger partial charge in [-0.15, -0.1) is 0 Å². The van der Waals surface area contributed by atoms with E-state index in [-0.39, 0.29) is 17.3 Å². The Labute approximate surface area is 110 Å². The molecule has 18 heavy (non-hydrogen) atoms. The van der Waals surface area contributed by atoms with Crippen LogP contribution in [0.3, 0.4) is 0 Å². The van der Waals surface area contributed by atoms with Crippen LogP contribution < -0.4 is 11.3 Å². The van der Waals surface area contributed by atoms with E-state index in [2.05, 4.69) is 15.1 Å². The van der Waals surface area contributed by atoms with Crippen molar-refractivity contribution in [2.45, 2.75) is 31.8 Å². The maximum atomic E-state index is 11.4. The number of aromatic amines is 1. The number of thioether (sulfide) groups is 1. The molecular formula is C11H18N4O2S. The smallest absolute Gasteiger partial charge is 0.251 e. The number of aryl methyl sites for hydroxylation is 1. The van der Waals surface area contributed by atoms with Gasteiger partial charge >= 0.3 is 0 Å². The quantitative estimate of drug-likeness (QED) is 0.180. The van der Waals surface area contributed by atoms with Crippen LogP contribution in [0.4, 0.5) is 0 Å². The van der Waals surface area contributed by atoms with Crippen molar-refractivity contribution in [1.29, 1.82) is 0 Å². The molecule has 0 spiro atoms. The SMILES string of the molecule is CCCc1cc(=O)[nH]c(SCC(C)/C(N)=N/O)n1. The van der Waals surface area contributed by atoms with E-state index in [1.165, 1.54) is 17.8 Å². The van der Waals surface area contributed by atoms with E-state index in [0.29, 0.717) is 10.9 Å². The standard InChI is InChI=1S/C11H18N4O2S/c1-3-4-8-5-9(16)14-11(13-8)18-6-7(2)10(12)15-17/h5,7,17H,3-4,6H2,1-2H3,(H2,12,15)(H,13,14,16). The lowest BCUT2D eigenvalue weighted by molar-refractivity contribution is 0.315. The number of nitrogens with two attached hydrogens (primary N) is 1. The molecular weight excluding hydrogens is 252 g/mol.